The number of benzene rings is 2. The summed E-state index contributed by atoms with van der Waals surface area (Å²) in [6, 6.07) is 16.7. The van der Waals surface area contributed by atoms with Gasteiger partial charge in [-0.25, -0.2) is 0 Å². The molecule has 0 bridgehead atoms. The molecule has 0 saturated carbocycles. The predicted octanol–water partition coefficient (Wildman–Crippen LogP) is 3.85. The molecule has 0 saturated heterocycles. The number of fused-ring (bicyclic) bond motifs is 1. The van der Waals surface area contributed by atoms with Gasteiger partial charge in [0.15, 0.2) is 0 Å². The molecule has 4 heteroatoms. The first kappa shape index (κ1) is 15.5. The molecule has 1 aliphatic rings. The Morgan fingerprint density at radius 1 is 1.23 bits per heavy atom. The maximum Gasteiger partial charge on any atom is 0.238 e. The lowest BCUT2D eigenvalue weighted by Gasteiger charge is -2.24. The molecule has 0 radical (unpaired) electrons. The van der Waals surface area contributed by atoms with E-state index in [9.17, 15) is 4.79 Å². The predicted molar refractivity (Wildman–Crippen MR) is 97.9 cm³/mol. The number of nitrogens with zero attached hydrogens (tertiary/aromatic N) is 1. The van der Waals surface area contributed by atoms with E-state index in [0.717, 1.165) is 22.1 Å². The van der Waals surface area contributed by atoms with Crippen molar-refractivity contribution in [3.8, 4) is 0 Å². The topological polar surface area (TPSA) is 32.3 Å². The van der Waals surface area contributed by atoms with Gasteiger partial charge in [-0.05, 0) is 77.9 Å². The second kappa shape index (κ2) is 6.79. The van der Waals surface area contributed by atoms with E-state index in [1.807, 2.05) is 31.3 Å². The molecule has 2 aromatic carbocycles. The van der Waals surface area contributed by atoms with Crippen molar-refractivity contribution in [3.05, 3.63) is 63.2 Å². The average molecular weight is 406 g/mol. The smallest absolute Gasteiger partial charge is 0.238 e. The Kier molecular flexibility index (Phi) is 4.78. The van der Waals surface area contributed by atoms with Crippen LogP contribution in [0.5, 0.6) is 0 Å². The van der Waals surface area contributed by atoms with Crippen LogP contribution < -0.4 is 5.32 Å². The fourth-order valence-electron chi connectivity index (χ4n) is 3.06. The monoisotopic (exact) mass is 406 g/mol. The first-order valence-corrected chi connectivity index (χ1v) is 8.55. The Hall–Kier alpha value is -1.40. The van der Waals surface area contributed by atoms with Gasteiger partial charge >= 0.3 is 0 Å². The van der Waals surface area contributed by atoms with E-state index in [-0.39, 0.29) is 5.91 Å². The highest BCUT2D eigenvalue weighted by atomic mass is 127. The van der Waals surface area contributed by atoms with Crippen LogP contribution in [0.3, 0.4) is 0 Å². The molecule has 1 atom stereocenters. The van der Waals surface area contributed by atoms with Crippen LogP contribution >= 0.6 is 22.6 Å². The summed E-state index contributed by atoms with van der Waals surface area (Å²) in [6.45, 7) is 0.408. The number of aryl methyl sites for hydroxylation is 1. The minimum absolute atomic E-state index is 0.0353. The molecule has 0 aromatic heterocycles. The number of carbonyl (C=O) groups excluding carboxylic acids is 1. The van der Waals surface area contributed by atoms with Crippen molar-refractivity contribution in [2.24, 2.45) is 0 Å². The van der Waals surface area contributed by atoms with Crippen molar-refractivity contribution in [2.75, 3.05) is 18.9 Å². The SMILES string of the molecule is CN(CC(=O)Nc1ccc(I)cc1)[C@H]1CCc2ccccc21. The Bertz CT molecular complexity index is 669. The minimum Gasteiger partial charge on any atom is -0.325 e. The van der Waals surface area contributed by atoms with E-state index in [0.29, 0.717) is 12.6 Å². The van der Waals surface area contributed by atoms with Gasteiger partial charge < -0.3 is 5.32 Å². The molecule has 0 aliphatic heterocycles. The Balaban J connectivity index is 1.61. The normalized spacial score (nSPS) is 16.6. The number of rotatable bonds is 4. The number of likely N-dealkylation sites (N-methyl/N-ethyl adjacent to an activating group) is 1. The molecule has 0 spiro atoms. The van der Waals surface area contributed by atoms with Gasteiger partial charge in [-0.15, -0.1) is 0 Å². The summed E-state index contributed by atoms with van der Waals surface area (Å²) in [4.78, 5) is 14.4. The van der Waals surface area contributed by atoms with Gasteiger partial charge in [-0.1, -0.05) is 24.3 Å². The molecule has 1 amide bonds. The van der Waals surface area contributed by atoms with Gasteiger partial charge in [-0.3, -0.25) is 9.69 Å². The van der Waals surface area contributed by atoms with Gasteiger partial charge in [0.1, 0.15) is 0 Å². The van der Waals surface area contributed by atoms with Crippen LogP contribution in [-0.2, 0) is 11.2 Å². The zero-order valence-corrected chi connectivity index (χ0v) is 14.7. The van der Waals surface area contributed by atoms with Gasteiger partial charge in [0.2, 0.25) is 5.91 Å². The van der Waals surface area contributed by atoms with Crippen LogP contribution in [0.15, 0.2) is 48.5 Å². The van der Waals surface area contributed by atoms with E-state index < -0.39 is 0 Å². The van der Waals surface area contributed by atoms with E-state index in [4.69, 9.17) is 0 Å². The van der Waals surface area contributed by atoms with Crippen molar-refractivity contribution in [1.29, 1.82) is 0 Å². The standard InChI is InChI=1S/C18H19IN2O/c1-21(17-11-6-13-4-2-3-5-16(13)17)12-18(22)20-15-9-7-14(19)8-10-15/h2-5,7-10,17H,6,11-12H2,1H3,(H,20,22)/t17-/m0/s1. The Morgan fingerprint density at radius 3 is 2.73 bits per heavy atom. The van der Waals surface area contributed by atoms with Gasteiger partial charge in [0, 0.05) is 15.3 Å². The number of amides is 1. The second-order valence-electron chi connectivity index (χ2n) is 5.72. The van der Waals surface area contributed by atoms with E-state index in [2.05, 4.69) is 57.1 Å². The van der Waals surface area contributed by atoms with Crippen LogP contribution in [-0.4, -0.2) is 24.4 Å². The molecule has 3 nitrogen and oxygen atoms in total. The molecule has 114 valence electrons. The van der Waals surface area contributed by atoms with E-state index in [1.54, 1.807) is 0 Å². The van der Waals surface area contributed by atoms with Crippen LogP contribution in [0.1, 0.15) is 23.6 Å². The molecular formula is C18H19IN2O. The summed E-state index contributed by atoms with van der Waals surface area (Å²) in [6.07, 6.45) is 2.19. The first-order valence-electron chi connectivity index (χ1n) is 7.47. The molecule has 0 fully saturated rings. The molecule has 2 aromatic rings. The molecule has 0 heterocycles. The third-order valence-corrected chi connectivity index (χ3v) is 4.87. The third kappa shape index (κ3) is 3.50. The van der Waals surface area contributed by atoms with Crippen LogP contribution in [0.25, 0.3) is 0 Å². The summed E-state index contributed by atoms with van der Waals surface area (Å²) in [5.74, 6) is 0.0353. The highest BCUT2D eigenvalue weighted by Gasteiger charge is 2.26. The fraction of sp³-hybridized carbons (Fsp3) is 0.278. The molecule has 22 heavy (non-hydrogen) atoms. The molecule has 1 aliphatic carbocycles. The van der Waals surface area contributed by atoms with Crippen molar-refractivity contribution < 1.29 is 4.79 Å². The Morgan fingerprint density at radius 2 is 1.95 bits per heavy atom. The maximum atomic E-state index is 12.2. The van der Waals surface area contributed by atoms with Crippen LogP contribution in [0.4, 0.5) is 5.69 Å². The van der Waals surface area contributed by atoms with Crippen LogP contribution in [0, 0.1) is 3.57 Å². The van der Waals surface area contributed by atoms with Crippen molar-refractivity contribution >= 4 is 34.2 Å². The zero-order valence-electron chi connectivity index (χ0n) is 12.6. The summed E-state index contributed by atoms with van der Waals surface area (Å²) in [7, 11) is 2.03. The molecule has 0 unspecified atom stereocenters. The summed E-state index contributed by atoms with van der Waals surface area (Å²) in [5, 5.41) is 2.96. The van der Waals surface area contributed by atoms with E-state index >= 15 is 0 Å². The van der Waals surface area contributed by atoms with Gasteiger partial charge in [0.25, 0.3) is 0 Å². The quantitative estimate of drug-likeness (QED) is 0.783. The third-order valence-electron chi connectivity index (χ3n) is 4.15. The highest BCUT2D eigenvalue weighted by Crippen LogP contribution is 2.34. The summed E-state index contributed by atoms with van der Waals surface area (Å²) >= 11 is 2.26. The number of halogens is 1. The molecular weight excluding hydrogens is 387 g/mol. The van der Waals surface area contributed by atoms with Gasteiger partial charge in [-0.2, -0.15) is 0 Å². The van der Waals surface area contributed by atoms with Crippen molar-refractivity contribution in [1.82, 2.24) is 4.90 Å². The van der Waals surface area contributed by atoms with Crippen LogP contribution in [0.2, 0.25) is 0 Å². The number of anilines is 1. The average Bonchev–Trinajstić information content (AvgIpc) is 2.93. The molecule has 1 N–H and O–H groups in total. The van der Waals surface area contributed by atoms with Crippen molar-refractivity contribution in [2.45, 2.75) is 18.9 Å². The maximum absolute atomic E-state index is 12.2. The first-order chi connectivity index (χ1) is 10.6. The van der Waals surface area contributed by atoms with Crippen molar-refractivity contribution in [3.63, 3.8) is 0 Å². The fourth-order valence-corrected chi connectivity index (χ4v) is 3.42. The zero-order chi connectivity index (χ0) is 15.5. The lowest BCUT2D eigenvalue weighted by molar-refractivity contribution is -0.117. The van der Waals surface area contributed by atoms with Gasteiger partial charge in [0.05, 0.1) is 6.54 Å². The van der Waals surface area contributed by atoms with E-state index in [1.165, 1.54) is 11.1 Å². The highest BCUT2D eigenvalue weighted by molar-refractivity contribution is 14.1. The number of nitrogens with one attached hydrogen (secondary N) is 1. The molecule has 3 rings (SSSR count). The number of hydrogen-bond donors (Lipinski definition) is 1. The largest absolute Gasteiger partial charge is 0.325 e. The lowest BCUT2D eigenvalue weighted by atomic mass is 10.1. The Labute approximate surface area is 144 Å². The second-order valence-corrected chi connectivity index (χ2v) is 6.97. The summed E-state index contributed by atoms with van der Waals surface area (Å²) < 4.78 is 1.16. The lowest BCUT2D eigenvalue weighted by Crippen LogP contribution is -2.32. The number of hydrogen-bond acceptors (Lipinski definition) is 2. The number of carbonyl (C=O) groups is 1. The minimum atomic E-state index is 0.0353. The summed E-state index contributed by atoms with van der Waals surface area (Å²) in [5.41, 5.74) is 3.63.